The van der Waals surface area contributed by atoms with Gasteiger partial charge in [0.1, 0.15) is 12.2 Å². The first-order valence-electron chi connectivity index (χ1n) is 11.8. The van der Waals surface area contributed by atoms with E-state index in [1.807, 2.05) is 6.92 Å². The summed E-state index contributed by atoms with van der Waals surface area (Å²) < 4.78 is 26.3. The van der Waals surface area contributed by atoms with Crippen LogP contribution in [0.5, 0.6) is 5.88 Å². The van der Waals surface area contributed by atoms with E-state index in [0.29, 0.717) is 30.1 Å². The maximum atomic E-state index is 12.1. The van der Waals surface area contributed by atoms with Crippen LogP contribution in [0.15, 0.2) is 6.08 Å². The molecule has 0 amide bonds. The summed E-state index contributed by atoms with van der Waals surface area (Å²) in [6, 6.07) is 0. The van der Waals surface area contributed by atoms with Gasteiger partial charge in [0.2, 0.25) is 6.23 Å². The predicted molar refractivity (Wildman–Crippen MR) is 124 cm³/mol. The number of carbonyl (C=O) groups is 1. The average Bonchev–Trinajstić information content (AvgIpc) is 3.22. The van der Waals surface area contributed by atoms with Gasteiger partial charge >= 0.3 is 6.16 Å². The minimum absolute atomic E-state index is 0. The summed E-state index contributed by atoms with van der Waals surface area (Å²) in [4.78, 5) is 12.1. The molecule has 2 atom stereocenters. The van der Waals surface area contributed by atoms with Crippen LogP contribution in [0.25, 0.3) is 5.57 Å². The standard InChI is InChI=1S/C23H40N3O4S.HI/c1-5-7-9-11-16-28-22-21(24-31-25-22)20-14-13-15-26(4,18-20)19(3)30-23(27)29-17-12-10-8-6-2;/h14,19H,5-13,15-18H2,1-4H3;1H/q+1;/p-1. The van der Waals surface area contributed by atoms with Gasteiger partial charge in [0.25, 0.3) is 5.88 Å². The van der Waals surface area contributed by atoms with Gasteiger partial charge in [-0.1, -0.05) is 58.4 Å². The van der Waals surface area contributed by atoms with Gasteiger partial charge < -0.3 is 38.2 Å². The van der Waals surface area contributed by atoms with Crippen LogP contribution < -0.4 is 28.7 Å². The molecule has 0 spiro atoms. The zero-order valence-electron chi connectivity index (χ0n) is 20.1. The van der Waals surface area contributed by atoms with Crippen molar-refractivity contribution in [2.24, 2.45) is 0 Å². The first-order valence-corrected chi connectivity index (χ1v) is 12.6. The Kier molecular flexibility index (Phi) is 14.4. The van der Waals surface area contributed by atoms with Crippen LogP contribution in [0.2, 0.25) is 0 Å². The summed E-state index contributed by atoms with van der Waals surface area (Å²) in [5, 5.41) is 0. The van der Waals surface area contributed by atoms with E-state index < -0.39 is 6.16 Å². The van der Waals surface area contributed by atoms with E-state index in [0.717, 1.165) is 56.3 Å². The molecule has 2 unspecified atom stereocenters. The van der Waals surface area contributed by atoms with Crippen LogP contribution >= 0.6 is 11.7 Å². The number of hydrogen-bond donors (Lipinski definition) is 0. The lowest BCUT2D eigenvalue weighted by molar-refractivity contribution is -0.944. The summed E-state index contributed by atoms with van der Waals surface area (Å²) in [6.07, 6.45) is 11.1. The summed E-state index contributed by atoms with van der Waals surface area (Å²) in [7, 11) is 2.11. The lowest BCUT2D eigenvalue weighted by Gasteiger charge is -2.41. The molecule has 0 radical (unpaired) electrons. The number of unbranched alkanes of at least 4 members (excludes halogenated alkanes) is 6. The number of likely N-dealkylation sites (N-methyl/N-ethyl adjacent to an activating group) is 1. The predicted octanol–water partition coefficient (Wildman–Crippen LogP) is 2.81. The van der Waals surface area contributed by atoms with Crippen molar-refractivity contribution in [3.05, 3.63) is 11.8 Å². The molecule has 0 saturated heterocycles. The van der Waals surface area contributed by atoms with E-state index in [2.05, 4.69) is 35.7 Å². The lowest BCUT2D eigenvalue weighted by Crippen LogP contribution is -3.00. The third kappa shape index (κ3) is 9.51. The Balaban J connectivity index is 0.00000512. The molecule has 1 aromatic heterocycles. The zero-order valence-corrected chi connectivity index (χ0v) is 23.1. The molecule has 2 rings (SSSR count). The van der Waals surface area contributed by atoms with Crippen molar-refractivity contribution in [3.63, 3.8) is 0 Å². The maximum absolute atomic E-state index is 12.1. The molecule has 0 aromatic carbocycles. The molecule has 0 N–H and O–H groups in total. The second-order valence-electron chi connectivity index (χ2n) is 8.58. The number of halogens is 1. The Hall–Kier alpha value is -0.940. The quantitative estimate of drug-likeness (QED) is 0.146. The second kappa shape index (κ2) is 15.8. The molecule has 0 saturated carbocycles. The van der Waals surface area contributed by atoms with Crippen LogP contribution in [0.1, 0.15) is 84.3 Å². The SMILES string of the molecule is CCCCCCOC(=O)OC(C)[N+]1(C)CCC=C(c2nsnc2OCCCCCC)C1.[I-]. The molecule has 0 aliphatic carbocycles. The van der Waals surface area contributed by atoms with E-state index in [9.17, 15) is 4.79 Å². The first kappa shape index (κ1) is 29.1. The molecule has 2 heterocycles. The molecule has 1 aromatic rings. The minimum atomic E-state index is -0.578. The third-order valence-electron chi connectivity index (χ3n) is 5.92. The molecule has 0 bridgehead atoms. The van der Waals surface area contributed by atoms with Gasteiger partial charge in [0.15, 0.2) is 0 Å². The fourth-order valence-electron chi connectivity index (χ4n) is 3.70. The smallest absolute Gasteiger partial charge is 0.512 e. The highest BCUT2D eigenvalue weighted by Gasteiger charge is 2.37. The van der Waals surface area contributed by atoms with E-state index in [1.54, 1.807) is 0 Å². The van der Waals surface area contributed by atoms with Crippen molar-refractivity contribution >= 4 is 23.5 Å². The van der Waals surface area contributed by atoms with Crippen molar-refractivity contribution in [3.8, 4) is 5.88 Å². The van der Waals surface area contributed by atoms with Crippen molar-refractivity contribution in [1.82, 2.24) is 8.75 Å². The Morgan fingerprint density at radius 2 is 1.78 bits per heavy atom. The summed E-state index contributed by atoms with van der Waals surface area (Å²) in [5.74, 6) is 0.626. The maximum Gasteiger partial charge on any atom is 0.512 e. The Labute approximate surface area is 214 Å². The van der Waals surface area contributed by atoms with Gasteiger partial charge in [-0.15, -0.1) is 4.37 Å². The average molecular weight is 582 g/mol. The summed E-state index contributed by atoms with van der Waals surface area (Å²) in [5.41, 5.74) is 1.93. The first-order chi connectivity index (χ1) is 15.0. The van der Waals surface area contributed by atoms with Gasteiger partial charge in [-0.25, -0.2) is 4.79 Å². The number of ether oxygens (including phenoxy) is 3. The van der Waals surface area contributed by atoms with Crippen LogP contribution in [0, 0.1) is 0 Å². The fourth-order valence-corrected chi connectivity index (χ4v) is 4.23. The highest BCUT2D eigenvalue weighted by molar-refractivity contribution is 6.99. The van der Waals surface area contributed by atoms with E-state index in [4.69, 9.17) is 14.2 Å². The van der Waals surface area contributed by atoms with Crippen molar-refractivity contribution in [2.45, 2.75) is 84.8 Å². The van der Waals surface area contributed by atoms with Gasteiger partial charge in [-0.2, -0.15) is 4.37 Å². The van der Waals surface area contributed by atoms with Gasteiger partial charge in [0.05, 0.1) is 38.5 Å². The molecule has 9 heteroatoms. The Morgan fingerprint density at radius 3 is 2.47 bits per heavy atom. The number of aromatic nitrogens is 2. The molecule has 32 heavy (non-hydrogen) atoms. The monoisotopic (exact) mass is 581 g/mol. The fraction of sp³-hybridized carbons (Fsp3) is 0.783. The summed E-state index contributed by atoms with van der Waals surface area (Å²) in [6.45, 7) is 8.98. The summed E-state index contributed by atoms with van der Waals surface area (Å²) >= 11 is 1.18. The third-order valence-corrected chi connectivity index (χ3v) is 6.44. The van der Waals surface area contributed by atoms with Gasteiger partial charge in [0, 0.05) is 18.9 Å². The van der Waals surface area contributed by atoms with Crippen LogP contribution in [0.4, 0.5) is 4.79 Å². The van der Waals surface area contributed by atoms with Crippen molar-refractivity contribution < 1.29 is 47.5 Å². The van der Waals surface area contributed by atoms with E-state index >= 15 is 0 Å². The van der Waals surface area contributed by atoms with E-state index in [1.165, 1.54) is 31.0 Å². The molecule has 1 aliphatic heterocycles. The van der Waals surface area contributed by atoms with Crippen LogP contribution in [-0.4, -0.2) is 59.0 Å². The van der Waals surface area contributed by atoms with Crippen LogP contribution in [0.3, 0.4) is 0 Å². The molecular weight excluding hydrogens is 541 g/mol. The van der Waals surface area contributed by atoms with Crippen molar-refractivity contribution in [2.75, 3.05) is 33.4 Å². The Bertz CT molecular complexity index is 701. The number of carbonyl (C=O) groups excluding carboxylic acids is 1. The highest BCUT2D eigenvalue weighted by Crippen LogP contribution is 2.31. The zero-order chi connectivity index (χ0) is 22.5. The second-order valence-corrected chi connectivity index (χ2v) is 9.11. The number of rotatable bonds is 14. The number of quaternary nitrogens is 1. The Morgan fingerprint density at radius 1 is 1.09 bits per heavy atom. The topological polar surface area (TPSA) is 70.5 Å². The molecule has 7 nitrogen and oxygen atoms in total. The largest absolute Gasteiger partial charge is 1.00 e. The highest BCUT2D eigenvalue weighted by atomic mass is 127. The normalized spacial score (nSPS) is 18.9. The number of hydrogen-bond acceptors (Lipinski definition) is 7. The molecule has 184 valence electrons. The van der Waals surface area contributed by atoms with Gasteiger partial charge in [-0.3, -0.25) is 4.48 Å². The molecule has 0 fully saturated rings. The lowest BCUT2D eigenvalue weighted by atomic mass is 10.0. The van der Waals surface area contributed by atoms with E-state index in [-0.39, 0.29) is 30.2 Å². The minimum Gasteiger partial charge on any atom is -1.00 e. The van der Waals surface area contributed by atoms with Gasteiger partial charge in [-0.05, 0) is 12.8 Å². The van der Waals surface area contributed by atoms with Crippen LogP contribution in [-0.2, 0) is 9.47 Å². The number of nitrogens with zero attached hydrogens (tertiary/aromatic N) is 3. The molecular formula is C23H40IN3O4S. The molecule has 1 aliphatic rings. The van der Waals surface area contributed by atoms with Crippen molar-refractivity contribution in [1.29, 1.82) is 0 Å².